The Morgan fingerprint density at radius 2 is 1.75 bits per heavy atom. The van der Waals surface area contributed by atoms with Gasteiger partial charge in [0.05, 0.1) is 18.3 Å². The average Bonchev–Trinajstić information content (AvgIpc) is 3.30. The van der Waals surface area contributed by atoms with Gasteiger partial charge in [-0.25, -0.2) is 0 Å². The number of allylic oxidation sites excluding steroid dienone is 3. The van der Waals surface area contributed by atoms with E-state index in [-0.39, 0.29) is 6.10 Å². The lowest BCUT2D eigenvalue weighted by atomic mass is 9.59. The van der Waals surface area contributed by atoms with Crippen molar-refractivity contribution in [2.75, 3.05) is 7.11 Å². The number of methoxy groups -OCH3 is 1. The van der Waals surface area contributed by atoms with Crippen LogP contribution in [0.15, 0.2) is 59.7 Å². The first-order valence-electron chi connectivity index (χ1n) is 15.9. The number of hydrogen-bond acceptors (Lipinski definition) is 4. The quantitative estimate of drug-likeness (QED) is 0.242. The zero-order valence-corrected chi connectivity index (χ0v) is 25.4. The maximum atomic E-state index is 10.3. The fourth-order valence-electron chi connectivity index (χ4n) is 8.51. The van der Waals surface area contributed by atoms with Crippen LogP contribution >= 0.6 is 0 Å². The number of aliphatic hydroxyl groups excluding tert-OH is 2. The van der Waals surface area contributed by atoms with Gasteiger partial charge in [0.15, 0.2) is 0 Å². The number of rotatable bonds is 11. The lowest BCUT2D eigenvalue weighted by Crippen LogP contribution is -2.38. The van der Waals surface area contributed by atoms with Crippen LogP contribution in [0.3, 0.4) is 0 Å². The number of aromatic hydroxyl groups is 1. The number of ether oxygens (including phenoxy) is 1. The maximum absolute atomic E-state index is 10.3. The number of unbranched alkanes of at least 4 members (excludes halogenated alkanes) is 1. The summed E-state index contributed by atoms with van der Waals surface area (Å²) in [6.45, 7) is 11.3. The zero-order valence-electron chi connectivity index (χ0n) is 25.4. The number of benzene rings is 1. The number of fused-ring (bicyclic) bond motifs is 1. The van der Waals surface area contributed by atoms with Crippen molar-refractivity contribution in [2.24, 2.45) is 29.1 Å². The van der Waals surface area contributed by atoms with E-state index in [0.717, 1.165) is 23.5 Å². The predicted molar refractivity (Wildman–Crippen MR) is 164 cm³/mol. The van der Waals surface area contributed by atoms with Crippen LogP contribution in [0, 0.1) is 29.1 Å². The van der Waals surface area contributed by atoms with E-state index in [1.54, 1.807) is 24.8 Å². The number of phenolic OH excluding ortho intramolecular Hbond substituents is 1. The Hall–Kier alpha value is -1.88. The number of aliphatic hydroxyl groups is 2. The Bertz CT molecular complexity index is 1020. The minimum absolute atomic E-state index is 0.0649. The van der Waals surface area contributed by atoms with E-state index in [0.29, 0.717) is 47.3 Å². The van der Waals surface area contributed by atoms with Gasteiger partial charge in [-0.05, 0) is 110 Å². The molecular weight excluding hydrogens is 496 g/mol. The summed E-state index contributed by atoms with van der Waals surface area (Å²) in [5.41, 5.74) is 4.76. The van der Waals surface area contributed by atoms with Crippen LogP contribution in [0.2, 0.25) is 0 Å². The molecule has 3 aliphatic rings. The average molecular weight is 551 g/mol. The summed E-state index contributed by atoms with van der Waals surface area (Å²) in [5, 5.41) is 30.3. The molecule has 3 aliphatic carbocycles. The zero-order chi connectivity index (χ0) is 28.9. The fraction of sp³-hybridized carbons (Fsp3) is 0.667. The molecule has 0 bridgehead atoms. The van der Waals surface area contributed by atoms with Crippen molar-refractivity contribution >= 4 is 0 Å². The van der Waals surface area contributed by atoms with E-state index in [4.69, 9.17) is 4.74 Å². The molecule has 0 radical (unpaired) electrons. The first-order chi connectivity index (χ1) is 19.2. The van der Waals surface area contributed by atoms with Crippen LogP contribution in [0.4, 0.5) is 0 Å². The molecule has 1 aromatic carbocycles. The smallest absolute Gasteiger partial charge is 0.115 e. The molecule has 0 amide bonds. The van der Waals surface area contributed by atoms with E-state index < -0.39 is 12.2 Å². The van der Waals surface area contributed by atoms with Gasteiger partial charge < -0.3 is 20.1 Å². The van der Waals surface area contributed by atoms with Gasteiger partial charge in [0, 0.05) is 7.11 Å². The van der Waals surface area contributed by atoms with E-state index >= 15 is 0 Å². The van der Waals surface area contributed by atoms with Crippen molar-refractivity contribution in [1.82, 2.24) is 0 Å². The van der Waals surface area contributed by atoms with Gasteiger partial charge in [-0.1, -0.05) is 82.0 Å². The van der Waals surface area contributed by atoms with Gasteiger partial charge in [-0.2, -0.15) is 0 Å². The van der Waals surface area contributed by atoms with E-state index in [9.17, 15) is 15.3 Å². The minimum Gasteiger partial charge on any atom is -0.508 e. The summed E-state index contributed by atoms with van der Waals surface area (Å²) in [4.78, 5) is 0. The Morgan fingerprint density at radius 1 is 1.05 bits per heavy atom. The second-order valence-electron chi connectivity index (χ2n) is 13.3. The van der Waals surface area contributed by atoms with Crippen molar-refractivity contribution < 1.29 is 20.1 Å². The predicted octanol–water partition coefficient (Wildman–Crippen LogP) is 8.44. The second-order valence-corrected chi connectivity index (χ2v) is 13.3. The third kappa shape index (κ3) is 6.94. The highest BCUT2D eigenvalue weighted by atomic mass is 16.5. The standard InChI is InChI=1S/C36H54O4/c1-6-7-9-27(15-20-35(40-5)29-13-16-30(37)17-14-29)24(2)31-18-19-32-28(10-8-21-36(31,32)4)12-11-26-22-33(38)25(3)34(39)23-26/h11-14,16-17,24,27,31-35,37-39H,3,6-10,15,18-23H2,1-2,4-5H3/b28-12+/t24-,27+,31-,32+,33-,34-,35?,36-/m1/s1. The molecule has 40 heavy (non-hydrogen) atoms. The van der Waals surface area contributed by atoms with Crippen molar-refractivity contribution in [3.8, 4) is 5.75 Å². The normalized spacial score (nSPS) is 32.1. The Balaban J connectivity index is 1.47. The summed E-state index contributed by atoms with van der Waals surface area (Å²) in [5.74, 6) is 3.02. The van der Waals surface area contributed by atoms with Crippen LogP contribution in [0.1, 0.15) is 109 Å². The molecule has 4 rings (SSSR count). The van der Waals surface area contributed by atoms with Crippen LogP contribution < -0.4 is 0 Å². The van der Waals surface area contributed by atoms with Gasteiger partial charge >= 0.3 is 0 Å². The molecule has 3 saturated carbocycles. The molecule has 3 N–H and O–H groups in total. The molecule has 0 aromatic heterocycles. The number of hydrogen-bond donors (Lipinski definition) is 3. The largest absolute Gasteiger partial charge is 0.508 e. The molecule has 0 spiro atoms. The van der Waals surface area contributed by atoms with Crippen molar-refractivity contribution in [3.63, 3.8) is 0 Å². The molecule has 0 heterocycles. The highest BCUT2D eigenvalue weighted by molar-refractivity contribution is 5.30. The molecule has 222 valence electrons. The Morgan fingerprint density at radius 3 is 2.40 bits per heavy atom. The highest BCUT2D eigenvalue weighted by Gasteiger charge is 2.51. The first-order valence-corrected chi connectivity index (χ1v) is 15.9. The van der Waals surface area contributed by atoms with Crippen LogP contribution in [-0.2, 0) is 4.74 Å². The molecule has 3 fully saturated rings. The van der Waals surface area contributed by atoms with Crippen molar-refractivity contribution in [3.05, 3.63) is 65.3 Å². The third-order valence-corrected chi connectivity index (χ3v) is 11.0. The molecule has 0 aliphatic heterocycles. The summed E-state index contributed by atoms with van der Waals surface area (Å²) in [6.07, 6.45) is 16.8. The maximum Gasteiger partial charge on any atom is 0.115 e. The lowest BCUT2D eigenvalue weighted by Gasteiger charge is -2.46. The first kappa shape index (κ1) is 31.1. The molecule has 1 unspecified atom stereocenters. The van der Waals surface area contributed by atoms with Gasteiger partial charge in [0.2, 0.25) is 0 Å². The number of phenols is 1. The summed E-state index contributed by atoms with van der Waals surface area (Å²) >= 11 is 0. The van der Waals surface area contributed by atoms with Crippen molar-refractivity contribution in [2.45, 2.75) is 116 Å². The summed E-state index contributed by atoms with van der Waals surface area (Å²) in [7, 11) is 1.81. The van der Waals surface area contributed by atoms with Crippen LogP contribution in [-0.4, -0.2) is 34.6 Å². The molecule has 4 heteroatoms. The molecule has 4 nitrogen and oxygen atoms in total. The SMILES string of the molecule is C=C1[C@H](O)CC(=C/C=C2\CCC[C@]3(C)[C@@H]([C@H](C)[C@@H](CCCC)CCC(OC)c4ccc(O)cc4)CC[C@@H]23)C[C@H]1O. The second kappa shape index (κ2) is 13.9. The third-order valence-electron chi connectivity index (χ3n) is 11.0. The molecule has 1 aromatic rings. The molecule has 8 atom stereocenters. The van der Waals surface area contributed by atoms with Gasteiger partial charge in [0.1, 0.15) is 5.75 Å². The molecular formula is C36H54O4. The molecule has 0 saturated heterocycles. The van der Waals surface area contributed by atoms with Crippen LogP contribution in [0.25, 0.3) is 0 Å². The van der Waals surface area contributed by atoms with E-state index in [1.165, 1.54) is 57.8 Å². The fourth-order valence-corrected chi connectivity index (χ4v) is 8.51. The Labute approximate surface area is 243 Å². The van der Waals surface area contributed by atoms with Crippen molar-refractivity contribution in [1.29, 1.82) is 0 Å². The lowest BCUT2D eigenvalue weighted by molar-refractivity contribution is 0.0520. The highest BCUT2D eigenvalue weighted by Crippen LogP contribution is 2.60. The summed E-state index contributed by atoms with van der Waals surface area (Å²) < 4.78 is 5.92. The van der Waals surface area contributed by atoms with Gasteiger partial charge in [-0.3, -0.25) is 0 Å². The monoisotopic (exact) mass is 550 g/mol. The van der Waals surface area contributed by atoms with E-state index in [2.05, 4.69) is 39.5 Å². The van der Waals surface area contributed by atoms with Gasteiger partial charge in [-0.15, -0.1) is 0 Å². The minimum atomic E-state index is -0.631. The van der Waals surface area contributed by atoms with E-state index in [1.807, 2.05) is 12.1 Å². The van der Waals surface area contributed by atoms with Gasteiger partial charge in [0.25, 0.3) is 0 Å². The van der Waals surface area contributed by atoms with Crippen LogP contribution in [0.5, 0.6) is 5.75 Å². The Kier molecular flexibility index (Phi) is 10.8. The summed E-state index contributed by atoms with van der Waals surface area (Å²) in [6, 6.07) is 7.51. The topological polar surface area (TPSA) is 69.9 Å².